The summed E-state index contributed by atoms with van der Waals surface area (Å²) in [5.74, 6) is 0.0662. The van der Waals surface area contributed by atoms with E-state index in [1.165, 1.54) is 0 Å². The molecule has 3 amide bonds. The molecule has 1 fully saturated rings. The summed E-state index contributed by atoms with van der Waals surface area (Å²) in [6.45, 7) is 8.32. The van der Waals surface area contributed by atoms with Gasteiger partial charge in [-0.3, -0.25) is 4.79 Å². The van der Waals surface area contributed by atoms with E-state index in [1.807, 2.05) is 62.7 Å². The van der Waals surface area contributed by atoms with Crippen molar-refractivity contribution in [2.45, 2.75) is 72.0 Å². The lowest BCUT2D eigenvalue weighted by Crippen LogP contribution is -2.46. The minimum Gasteiger partial charge on any atom is -0.354 e. The first-order valence-electron chi connectivity index (χ1n) is 10.8. The molecule has 1 aromatic heterocycles. The number of para-hydroxylation sites is 1. The van der Waals surface area contributed by atoms with Crippen LogP contribution >= 0.6 is 0 Å². The van der Waals surface area contributed by atoms with Crippen LogP contribution in [0.3, 0.4) is 0 Å². The van der Waals surface area contributed by atoms with Gasteiger partial charge in [0.05, 0.1) is 11.4 Å². The molecule has 1 aliphatic rings. The summed E-state index contributed by atoms with van der Waals surface area (Å²) < 4.78 is 1.91. The summed E-state index contributed by atoms with van der Waals surface area (Å²) in [4.78, 5) is 24.8. The van der Waals surface area contributed by atoms with Crippen molar-refractivity contribution in [1.82, 2.24) is 25.7 Å². The molecule has 1 aliphatic carbocycles. The lowest BCUT2D eigenvalue weighted by Gasteiger charge is -2.29. The minimum absolute atomic E-state index is 0.0240. The first-order valence-corrected chi connectivity index (χ1v) is 10.8. The third-order valence-corrected chi connectivity index (χ3v) is 5.68. The van der Waals surface area contributed by atoms with Gasteiger partial charge >= 0.3 is 6.03 Å². The Hall–Kier alpha value is -2.83. The highest BCUT2D eigenvalue weighted by atomic mass is 16.2. The molecule has 2 atom stereocenters. The first-order chi connectivity index (χ1) is 14.3. The number of aryl methyl sites for hydroxylation is 1. The molecule has 7 heteroatoms. The van der Waals surface area contributed by atoms with Crippen molar-refractivity contribution < 1.29 is 9.59 Å². The first kappa shape index (κ1) is 21.9. The van der Waals surface area contributed by atoms with Crippen LogP contribution in [-0.4, -0.2) is 33.8 Å². The maximum Gasteiger partial charge on any atom is 0.315 e. The Balaban J connectivity index is 1.55. The number of nitrogens with one attached hydrogen (secondary N) is 3. The number of carbonyl (C=O) groups is 2. The van der Waals surface area contributed by atoms with Crippen LogP contribution in [0.1, 0.15) is 56.5 Å². The van der Waals surface area contributed by atoms with Gasteiger partial charge in [-0.15, -0.1) is 0 Å². The molecule has 3 N–H and O–H groups in total. The quantitative estimate of drug-likeness (QED) is 0.681. The molecule has 1 saturated carbocycles. The van der Waals surface area contributed by atoms with Gasteiger partial charge in [0.25, 0.3) is 0 Å². The van der Waals surface area contributed by atoms with Crippen LogP contribution in [0.2, 0.25) is 0 Å². The Kier molecular flexibility index (Phi) is 7.13. The number of urea groups is 1. The topological polar surface area (TPSA) is 88.1 Å². The van der Waals surface area contributed by atoms with Gasteiger partial charge in [0.2, 0.25) is 5.91 Å². The number of nitrogens with zero attached hydrogens (tertiary/aromatic N) is 2. The predicted octanol–water partition coefficient (Wildman–Crippen LogP) is 3.37. The van der Waals surface area contributed by atoms with Crippen molar-refractivity contribution in [3.05, 3.63) is 47.3 Å². The number of amides is 3. The van der Waals surface area contributed by atoms with E-state index in [0.29, 0.717) is 13.0 Å². The van der Waals surface area contributed by atoms with Gasteiger partial charge in [-0.1, -0.05) is 24.6 Å². The second-order valence-electron chi connectivity index (χ2n) is 8.45. The van der Waals surface area contributed by atoms with Gasteiger partial charge in [-0.05, 0) is 59.1 Å². The molecule has 2 unspecified atom stereocenters. The molecule has 0 bridgehead atoms. The van der Waals surface area contributed by atoms with Crippen LogP contribution in [0.15, 0.2) is 30.3 Å². The lowest BCUT2D eigenvalue weighted by molar-refractivity contribution is -0.126. The normalized spacial score (nSPS) is 18.8. The van der Waals surface area contributed by atoms with E-state index in [2.05, 4.69) is 21.0 Å². The highest BCUT2D eigenvalue weighted by molar-refractivity contribution is 5.79. The second-order valence-corrected chi connectivity index (χ2v) is 8.45. The third kappa shape index (κ3) is 5.40. The average Bonchev–Trinajstić information content (AvgIpc) is 3.00. The van der Waals surface area contributed by atoms with E-state index >= 15 is 0 Å². The van der Waals surface area contributed by atoms with Gasteiger partial charge in [0.1, 0.15) is 0 Å². The summed E-state index contributed by atoms with van der Waals surface area (Å²) in [6.07, 6.45) is 3.43. The largest absolute Gasteiger partial charge is 0.354 e. The molecule has 1 aromatic carbocycles. The van der Waals surface area contributed by atoms with Crippen LogP contribution in [0.5, 0.6) is 0 Å². The highest BCUT2D eigenvalue weighted by Crippen LogP contribution is 2.24. The zero-order valence-electron chi connectivity index (χ0n) is 18.4. The molecule has 0 radical (unpaired) electrons. The zero-order valence-corrected chi connectivity index (χ0v) is 18.4. The summed E-state index contributed by atoms with van der Waals surface area (Å²) in [7, 11) is 0. The highest BCUT2D eigenvalue weighted by Gasteiger charge is 2.28. The standard InChI is InChI=1S/C23H33N5O2/c1-15(2)25-22(29)18-9-8-10-19(13-18)26-23(30)24-14-21-16(3)27-28(17(21)4)20-11-6-5-7-12-20/h5-7,11-12,15,18-19H,8-10,13-14H2,1-4H3,(H,25,29)(H2,24,26,30). The molecular weight excluding hydrogens is 378 g/mol. The molecule has 0 saturated heterocycles. The number of aromatic nitrogens is 2. The summed E-state index contributed by atoms with van der Waals surface area (Å²) in [5, 5.41) is 13.6. The van der Waals surface area contributed by atoms with Gasteiger partial charge in [0, 0.05) is 35.8 Å². The lowest BCUT2D eigenvalue weighted by atomic mass is 9.85. The van der Waals surface area contributed by atoms with Crippen LogP contribution in [0.25, 0.3) is 5.69 Å². The average molecular weight is 412 g/mol. The molecule has 2 aromatic rings. The fraction of sp³-hybridized carbons (Fsp3) is 0.522. The van der Waals surface area contributed by atoms with Gasteiger partial charge in [-0.25, -0.2) is 9.48 Å². The zero-order chi connectivity index (χ0) is 21.7. The summed E-state index contributed by atoms with van der Waals surface area (Å²) >= 11 is 0. The molecular formula is C23H33N5O2. The van der Waals surface area contributed by atoms with Crippen LogP contribution in [-0.2, 0) is 11.3 Å². The molecule has 1 heterocycles. The van der Waals surface area contributed by atoms with Crippen molar-refractivity contribution in [3.8, 4) is 5.69 Å². The number of carbonyl (C=O) groups excluding carboxylic acids is 2. The number of rotatable bonds is 6. The predicted molar refractivity (Wildman–Crippen MR) is 117 cm³/mol. The van der Waals surface area contributed by atoms with Crippen molar-refractivity contribution in [3.63, 3.8) is 0 Å². The van der Waals surface area contributed by atoms with Crippen LogP contribution in [0, 0.1) is 19.8 Å². The number of benzene rings is 1. The summed E-state index contributed by atoms with van der Waals surface area (Å²) in [5.41, 5.74) is 3.94. The Bertz CT molecular complexity index is 875. The smallest absolute Gasteiger partial charge is 0.315 e. The Morgan fingerprint density at radius 3 is 2.60 bits per heavy atom. The van der Waals surface area contributed by atoms with Crippen molar-refractivity contribution in [1.29, 1.82) is 0 Å². The molecule has 30 heavy (non-hydrogen) atoms. The Morgan fingerprint density at radius 2 is 1.90 bits per heavy atom. The second kappa shape index (κ2) is 9.78. The van der Waals surface area contributed by atoms with E-state index in [1.54, 1.807) is 0 Å². The van der Waals surface area contributed by atoms with Gasteiger partial charge < -0.3 is 16.0 Å². The van der Waals surface area contributed by atoms with E-state index in [4.69, 9.17) is 0 Å². The van der Waals surface area contributed by atoms with Crippen LogP contribution < -0.4 is 16.0 Å². The maximum absolute atomic E-state index is 12.5. The van der Waals surface area contributed by atoms with Gasteiger partial charge in [-0.2, -0.15) is 5.10 Å². The molecule has 0 spiro atoms. The van der Waals surface area contributed by atoms with Crippen molar-refractivity contribution in [2.24, 2.45) is 5.92 Å². The van der Waals surface area contributed by atoms with E-state index < -0.39 is 0 Å². The monoisotopic (exact) mass is 411 g/mol. The molecule has 0 aliphatic heterocycles. The van der Waals surface area contributed by atoms with Crippen molar-refractivity contribution in [2.75, 3.05) is 0 Å². The minimum atomic E-state index is -0.198. The molecule has 162 valence electrons. The number of hydrogen-bond acceptors (Lipinski definition) is 3. The Morgan fingerprint density at radius 1 is 1.17 bits per heavy atom. The molecule has 7 nitrogen and oxygen atoms in total. The van der Waals surface area contributed by atoms with E-state index in [0.717, 1.165) is 41.9 Å². The summed E-state index contributed by atoms with van der Waals surface area (Å²) in [6, 6.07) is 9.93. The maximum atomic E-state index is 12.5. The molecule has 3 rings (SSSR count). The number of hydrogen-bond donors (Lipinski definition) is 3. The van der Waals surface area contributed by atoms with Gasteiger partial charge in [0.15, 0.2) is 0 Å². The van der Waals surface area contributed by atoms with Crippen molar-refractivity contribution >= 4 is 11.9 Å². The van der Waals surface area contributed by atoms with E-state index in [9.17, 15) is 9.59 Å². The Labute approximate surface area is 178 Å². The fourth-order valence-electron chi connectivity index (χ4n) is 4.12. The van der Waals surface area contributed by atoms with Crippen LogP contribution in [0.4, 0.5) is 4.79 Å². The van der Waals surface area contributed by atoms with E-state index in [-0.39, 0.29) is 29.9 Å². The third-order valence-electron chi connectivity index (χ3n) is 5.68. The SMILES string of the molecule is Cc1nn(-c2ccccc2)c(C)c1CNC(=O)NC1CCCC(C(=O)NC(C)C)C1. The fourth-order valence-corrected chi connectivity index (χ4v) is 4.12.